The lowest BCUT2D eigenvalue weighted by molar-refractivity contribution is 0.483. The van der Waals surface area contributed by atoms with Gasteiger partial charge in [-0.25, -0.2) is 0 Å². The first-order valence-electron chi connectivity index (χ1n) is 8.84. The predicted molar refractivity (Wildman–Crippen MR) is 117 cm³/mol. The molecule has 0 aliphatic rings. The summed E-state index contributed by atoms with van der Waals surface area (Å²) in [5, 5.41) is 21.3. The monoisotopic (exact) mass is 416 g/mol. The molecule has 4 aromatic rings. The molecule has 0 saturated heterocycles. The largest absolute Gasteiger partial charge is 0.457 e. The third-order valence-electron chi connectivity index (χ3n) is 3.94. The van der Waals surface area contributed by atoms with Crippen LogP contribution in [0.15, 0.2) is 83.2 Å². The summed E-state index contributed by atoms with van der Waals surface area (Å²) >= 11 is 3.13. The van der Waals surface area contributed by atoms with E-state index in [9.17, 15) is 0 Å². The summed E-state index contributed by atoms with van der Waals surface area (Å²) in [4.78, 5) is 0. The molecular formula is C22H16N4OS2. The van der Waals surface area contributed by atoms with Crippen molar-refractivity contribution in [1.82, 2.24) is 10.2 Å². The number of ether oxygens (including phenoxy) is 1. The summed E-state index contributed by atoms with van der Waals surface area (Å²) in [6.45, 7) is 0. The Labute approximate surface area is 177 Å². The molecule has 29 heavy (non-hydrogen) atoms. The van der Waals surface area contributed by atoms with E-state index < -0.39 is 0 Å². The van der Waals surface area contributed by atoms with Crippen molar-refractivity contribution in [3.8, 4) is 17.6 Å². The van der Waals surface area contributed by atoms with E-state index in [1.165, 1.54) is 11.3 Å². The Balaban J connectivity index is 1.32. The van der Waals surface area contributed by atoms with E-state index in [2.05, 4.69) is 21.6 Å². The quantitative estimate of drug-likeness (QED) is 0.360. The number of hydrogen-bond donors (Lipinski definition) is 1. The van der Waals surface area contributed by atoms with Gasteiger partial charge in [0.05, 0.1) is 11.6 Å². The minimum atomic E-state index is 0.668. The van der Waals surface area contributed by atoms with Crippen LogP contribution in [0.25, 0.3) is 0 Å². The molecule has 7 heteroatoms. The van der Waals surface area contributed by atoms with Crippen molar-refractivity contribution < 1.29 is 4.74 Å². The number of thioether (sulfide) groups is 1. The lowest BCUT2D eigenvalue weighted by atomic mass is 10.2. The Morgan fingerprint density at radius 1 is 0.897 bits per heavy atom. The molecule has 0 atom stereocenters. The molecule has 0 fully saturated rings. The van der Waals surface area contributed by atoms with E-state index in [1.54, 1.807) is 11.8 Å². The van der Waals surface area contributed by atoms with Crippen LogP contribution in [0.3, 0.4) is 0 Å². The van der Waals surface area contributed by atoms with E-state index in [1.807, 2.05) is 78.9 Å². The second-order valence-corrected chi connectivity index (χ2v) is 8.24. The molecule has 0 amide bonds. The first-order valence-corrected chi connectivity index (χ1v) is 10.6. The predicted octanol–water partition coefficient (Wildman–Crippen LogP) is 6.24. The van der Waals surface area contributed by atoms with Crippen molar-refractivity contribution in [1.29, 1.82) is 5.26 Å². The highest BCUT2D eigenvalue weighted by Gasteiger charge is 2.06. The second kappa shape index (κ2) is 9.24. The zero-order chi connectivity index (χ0) is 19.9. The number of aromatic nitrogens is 2. The summed E-state index contributed by atoms with van der Waals surface area (Å²) in [7, 11) is 0. The molecule has 3 aromatic carbocycles. The summed E-state index contributed by atoms with van der Waals surface area (Å²) < 4.78 is 6.69. The molecule has 0 saturated carbocycles. The third-order valence-corrected chi connectivity index (χ3v) is 5.98. The molecule has 4 rings (SSSR count). The molecule has 0 unspecified atom stereocenters. The van der Waals surface area contributed by atoms with E-state index in [0.29, 0.717) is 5.56 Å². The van der Waals surface area contributed by atoms with Gasteiger partial charge < -0.3 is 10.1 Å². The molecule has 0 spiro atoms. The Hall–Kier alpha value is -3.34. The van der Waals surface area contributed by atoms with Crippen LogP contribution in [0.1, 0.15) is 11.1 Å². The molecular weight excluding hydrogens is 400 g/mol. The van der Waals surface area contributed by atoms with Crippen LogP contribution in [0, 0.1) is 11.3 Å². The van der Waals surface area contributed by atoms with E-state index in [4.69, 9.17) is 10.00 Å². The minimum Gasteiger partial charge on any atom is -0.457 e. The number of benzene rings is 3. The molecule has 0 radical (unpaired) electrons. The third kappa shape index (κ3) is 5.35. The van der Waals surface area contributed by atoms with Crippen LogP contribution in [0.5, 0.6) is 11.5 Å². The van der Waals surface area contributed by atoms with Crippen molar-refractivity contribution in [2.75, 3.05) is 5.32 Å². The highest BCUT2D eigenvalue weighted by atomic mass is 32.2. The maximum Gasteiger partial charge on any atom is 0.210 e. The molecule has 5 nitrogen and oxygen atoms in total. The number of nitrogens with zero attached hydrogens (tertiary/aromatic N) is 3. The minimum absolute atomic E-state index is 0.668. The van der Waals surface area contributed by atoms with Crippen LogP contribution >= 0.6 is 23.1 Å². The number of rotatable bonds is 7. The average molecular weight is 417 g/mol. The number of nitrogens with one attached hydrogen (secondary N) is 1. The molecule has 0 aliphatic carbocycles. The summed E-state index contributed by atoms with van der Waals surface area (Å²) in [6, 6.07) is 27.1. The van der Waals surface area contributed by atoms with Crippen molar-refractivity contribution in [2.24, 2.45) is 0 Å². The van der Waals surface area contributed by atoms with Crippen LogP contribution in [0.2, 0.25) is 0 Å². The average Bonchev–Trinajstić information content (AvgIpc) is 3.22. The zero-order valence-electron chi connectivity index (χ0n) is 15.3. The van der Waals surface area contributed by atoms with Gasteiger partial charge in [-0.05, 0) is 54.1 Å². The van der Waals surface area contributed by atoms with Gasteiger partial charge in [-0.15, -0.1) is 10.2 Å². The van der Waals surface area contributed by atoms with Gasteiger partial charge in [-0.1, -0.05) is 53.4 Å². The van der Waals surface area contributed by atoms with Crippen molar-refractivity contribution in [3.05, 3.63) is 90.0 Å². The zero-order valence-corrected chi connectivity index (χ0v) is 16.9. The summed E-state index contributed by atoms with van der Waals surface area (Å²) in [5.41, 5.74) is 2.74. The van der Waals surface area contributed by atoms with Gasteiger partial charge in [0.1, 0.15) is 11.5 Å². The normalized spacial score (nSPS) is 10.3. The van der Waals surface area contributed by atoms with Crippen LogP contribution in [-0.2, 0) is 5.75 Å². The van der Waals surface area contributed by atoms with Gasteiger partial charge >= 0.3 is 0 Å². The fraction of sp³-hybridized carbons (Fsp3) is 0.0455. The van der Waals surface area contributed by atoms with Crippen LogP contribution < -0.4 is 10.1 Å². The van der Waals surface area contributed by atoms with E-state index in [0.717, 1.165) is 38.0 Å². The maximum absolute atomic E-state index is 8.86. The first kappa shape index (κ1) is 19.0. The van der Waals surface area contributed by atoms with Crippen molar-refractivity contribution in [3.63, 3.8) is 0 Å². The van der Waals surface area contributed by atoms with Crippen LogP contribution in [0.4, 0.5) is 10.8 Å². The molecule has 0 bridgehead atoms. The van der Waals surface area contributed by atoms with Crippen molar-refractivity contribution in [2.45, 2.75) is 10.1 Å². The Morgan fingerprint density at radius 2 is 1.62 bits per heavy atom. The lowest BCUT2D eigenvalue weighted by Gasteiger charge is -2.06. The first-order chi connectivity index (χ1) is 14.3. The Kier molecular flexibility index (Phi) is 6.05. The van der Waals surface area contributed by atoms with Gasteiger partial charge in [0.15, 0.2) is 4.34 Å². The van der Waals surface area contributed by atoms with Gasteiger partial charge in [-0.2, -0.15) is 5.26 Å². The highest BCUT2D eigenvalue weighted by Crippen LogP contribution is 2.30. The van der Waals surface area contributed by atoms with Crippen LogP contribution in [-0.4, -0.2) is 10.2 Å². The topological polar surface area (TPSA) is 70.8 Å². The fourth-order valence-electron chi connectivity index (χ4n) is 2.49. The molecule has 1 heterocycles. The fourth-order valence-corrected chi connectivity index (χ4v) is 4.22. The standard InChI is InChI=1S/C22H16N4OS2/c23-14-16-6-8-17(9-7-16)15-28-22-26-25-21(29-22)24-18-10-12-20(13-11-18)27-19-4-2-1-3-5-19/h1-13H,15H2,(H,24,25). The lowest BCUT2D eigenvalue weighted by Crippen LogP contribution is -1.90. The number of hydrogen-bond acceptors (Lipinski definition) is 7. The molecule has 0 aliphatic heterocycles. The van der Waals surface area contributed by atoms with Gasteiger partial charge in [0, 0.05) is 11.4 Å². The van der Waals surface area contributed by atoms with Gasteiger partial charge in [0.25, 0.3) is 0 Å². The maximum atomic E-state index is 8.86. The number of nitriles is 1. The van der Waals surface area contributed by atoms with Gasteiger partial charge in [-0.3, -0.25) is 0 Å². The van der Waals surface area contributed by atoms with E-state index >= 15 is 0 Å². The smallest absolute Gasteiger partial charge is 0.210 e. The molecule has 1 aromatic heterocycles. The van der Waals surface area contributed by atoms with Crippen molar-refractivity contribution >= 4 is 33.9 Å². The Morgan fingerprint density at radius 3 is 2.34 bits per heavy atom. The summed E-state index contributed by atoms with van der Waals surface area (Å²) in [6.07, 6.45) is 0. The Bertz CT molecular complexity index is 1100. The van der Waals surface area contributed by atoms with Gasteiger partial charge in [0.2, 0.25) is 5.13 Å². The SMILES string of the molecule is N#Cc1ccc(CSc2nnc(Nc3ccc(Oc4ccccc4)cc3)s2)cc1. The molecule has 142 valence electrons. The number of anilines is 2. The van der Waals surface area contributed by atoms with E-state index in [-0.39, 0.29) is 0 Å². The highest BCUT2D eigenvalue weighted by molar-refractivity contribution is 8.00. The second-order valence-electron chi connectivity index (χ2n) is 6.04. The number of para-hydroxylation sites is 1. The molecule has 1 N–H and O–H groups in total. The summed E-state index contributed by atoms with van der Waals surface area (Å²) in [5.74, 6) is 2.37.